The highest BCUT2D eigenvalue weighted by atomic mass is 16.3. The van der Waals surface area contributed by atoms with Gasteiger partial charge in [-0.25, -0.2) is 0 Å². The fourth-order valence-electron chi connectivity index (χ4n) is 1.45. The van der Waals surface area contributed by atoms with Crippen molar-refractivity contribution in [3.8, 4) is 0 Å². The number of aliphatic hydroxyl groups excluding tert-OH is 1. The number of hydrogen-bond acceptors (Lipinski definition) is 3. The standard InChI is InChI=1S/C12H12N2O/c15-12(11-3-6-13-7-4-11)8-10-2-1-5-14-9-10/h1-7,9,12,15H,8H2. The molecule has 0 saturated carbocycles. The van der Waals surface area contributed by atoms with Gasteiger partial charge < -0.3 is 5.11 Å². The molecule has 0 saturated heterocycles. The third kappa shape index (κ3) is 2.60. The van der Waals surface area contributed by atoms with Crippen LogP contribution in [0.15, 0.2) is 49.1 Å². The Hall–Kier alpha value is -1.74. The smallest absolute Gasteiger partial charge is 0.0832 e. The molecule has 1 N–H and O–H groups in total. The second-order valence-electron chi connectivity index (χ2n) is 3.36. The summed E-state index contributed by atoms with van der Waals surface area (Å²) in [6.07, 6.45) is 6.95. The number of pyridine rings is 2. The summed E-state index contributed by atoms with van der Waals surface area (Å²) in [6.45, 7) is 0. The van der Waals surface area contributed by atoms with E-state index in [2.05, 4.69) is 9.97 Å². The minimum atomic E-state index is -0.489. The summed E-state index contributed by atoms with van der Waals surface area (Å²) in [5.41, 5.74) is 1.91. The van der Waals surface area contributed by atoms with Crippen molar-refractivity contribution in [2.45, 2.75) is 12.5 Å². The first-order chi connectivity index (χ1) is 7.36. The predicted molar refractivity (Wildman–Crippen MR) is 57.1 cm³/mol. The molecule has 1 atom stereocenters. The van der Waals surface area contributed by atoms with Crippen LogP contribution in [0.5, 0.6) is 0 Å². The quantitative estimate of drug-likeness (QED) is 0.821. The van der Waals surface area contributed by atoms with Crippen LogP contribution in [0.3, 0.4) is 0 Å². The van der Waals surface area contributed by atoms with Crippen molar-refractivity contribution >= 4 is 0 Å². The van der Waals surface area contributed by atoms with Gasteiger partial charge in [-0.3, -0.25) is 9.97 Å². The van der Waals surface area contributed by atoms with Gasteiger partial charge in [0, 0.05) is 31.2 Å². The lowest BCUT2D eigenvalue weighted by atomic mass is 10.0. The molecular weight excluding hydrogens is 188 g/mol. The zero-order valence-electron chi connectivity index (χ0n) is 8.24. The van der Waals surface area contributed by atoms with Gasteiger partial charge in [0.1, 0.15) is 0 Å². The normalized spacial score (nSPS) is 12.3. The Kier molecular flexibility index (Phi) is 3.05. The van der Waals surface area contributed by atoms with Crippen LogP contribution in [0.25, 0.3) is 0 Å². The van der Waals surface area contributed by atoms with Crippen molar-refractivity contribution < 1.29 is 5.11 Å². The monoisotopic (exact) mass is 200 g/mol. The van der Waals surface area contributed by atoms with Crippen LogP contribution in [-0.4, -0.2) is 15.1 Å². The molecule has 2 aromatic heterocycles. The highest BCUT2D eigenvalue weighted by molar-refractivity contribution is 5.17. The summed E-state index contributed by atoms with van der Waals surface area (Å²) < 4.78 is 0. The van der Waals surface area contributed by atoms with E-state index in [9.17, 15) is 5.11 Å². The average molecular weight is 200 g/mol. The summed E-state index contributed by atoms with van der Waals surface area (Å²) in [6, 6.07) is 7.47. The van der Waals surface area contributed by atoms with Gasteiger partial charge in [-0.15, -0.1) is 0 Å². The zero-order valence-corrected chi connectivity index (χ0v) is 8.24. The third-order valence-electron chi connectivity index (χ3n) is 2.24. The van der Waals surface area contributed by atoms with Crippen LogP contribution in [-0.2, 0) is 6.42 Å². The Morgan fingerprint density at radius 1 is 1.07 bits per heavy atom. The van der Waals surface area contributed by atoms with Crippen molar-refractivity contribution in [2.75, 3.05) is 0 Å². The van der Waals surface area contributed by atoms with E-state index in [1.807, 2.05) is 24.3 Å². The molecule has 0 radical (unpaired) electrons. The molecule has 0 bridgehead atoms. The van der Waals surface area contributed by atoms with Crippen molar-refractivity contribution in [2.24, 2.45) is 0 Å². The maximum absolute atomic E-state index is 9.92. The van der Waals surface area contributed by atoms with Gasteiger partial charge in [-0.05, 0) is 29.3 Å². The van der Waals surface area contributed by atoms with Crippen LogP contribution >= 0.6 is 0 Å². The van der Waals surface area contributed by atoms with Gasteiger partial charge in [-0.2, -0.15) is 0 Å². The van der Waals surface area contributed by atoms with Gasteiger partial charge >= 0.3 is 0 Å². The molecule has 2 aromatic rings. The number of hydrogen-bond donors (Lipinski definition) is 1. The number of nitrogens with zero attached hydrogens (tertiary/aromatic N) is 2. The van der Waals surface area contributed by atoms with E-state index in [0.717, 1.165) is 11.1 Å². The van der Waals surface area contributed by atoms with E-state index in [-0.39, 0.29) is 0 Å². The maximum Gasteiger partial charge on any atom is 0.0832 e. The van der Waals surface area contributed by atoms with E-state index in [1.165, 1.54) is 0 Å². The Balaban J connectivity index is 2.08. The molecule has 2 rings (SSSR count). The molecule has 0 aliphatic rings. The highest BCUT2D eigenvalue weighted by Crippen LogP contribution is 2.16. The molecular formula is C12H12N2O. The maximum atomic E-state index is 9.92. The van der Waals surface area contributed by atoms with Gasteiger partial charge in [-0.1, -0.05) is 6.07 Å². The van der Waals surface area contributed by atoms with Gasteiger partial charge in [0.25, 0.3) is 0 Å². The lowest BCUT2D eigenvalue weighted by Crippen LogP contribution is -2.01. The van der Waals surface area contributed by atoms with Crippen LogP contribution in [0.1, 0.15) is 17.2 Å². The first-order valence-corrected chi connectivity index (χ1v) is 4.83. The molecule has 0 aromatic carbocycles. The molecule has 76 valence electrons. The van der Waals surface area contributed by atoms with Gasteiger partial charge in [0.15, 0.2) is 0 Å². The van der Waals surface area contributed by atoms with Crippen LogP contribution in [0.2, 0.25) is 0 Å². The van der Waals surface area contributed by atoms with Crippen molar-refractivity contribution in [1.29, 1.82) is 0 Å². The highest BCUT2D eigenvalue weighted by Gasteiger charge is 2.07. The third-order valence-corrected chi connectivity index (χ3v) is 2.24. The summed E-state index contributed by atoms with van der Waals surface area (Å²) >= 11 is 0. The molecule has 0 aliphatic carbocycles. The van der Waals surface area contributed by atoms with E-state index in [1.54, 1.807) is 24.8 Å². The Bertz CT molecular complexity index is 402. The van der Waals surface area contributed by atoms with Gasteiger partial charge in [0.2, 0.25) is 0 Å². The summed E-state index contributed by atoms with van der Waals surface area (Å²) in [5, 5.41) is 9.92. The molecule has 0 amide bonds. The molecule has 2 heterocycles. The Morgan fingerprint density at radius 3 is 2.53 bits per heavy atom. The summed E-state index contributed by atoms with van der Waals surface area (Å²) in [7, 11) is 0. The summed E-state index contributed by atoms with van der Waals surface area (Å²) in [5.74, 6) is 0. The average Bonchev–Trinajstić information content (AvgIpc) is 2.31. The topological polar surface area (TPSA) is 46.0 Å². The van der Waals surface area contributed by atoms with E-state index < -0.39 is 6.10 Å². The molecule has 0 aliphatic heterocycles. The minimum absolute atomic E-state index is 0.489. The van der Waals surface area contributed by atoms with Crippen molar-refractivity contribution in [3.63, 3.8) is 0 Å². The van der Waals surface area contributed by atoms with Gasteiger partial charge in [0.05, 0.1) is 6.10 Å². The number of rotatable bonds is 3. The SMILES string of the molecule is OC(Cc1cccnc1)c1ccncc1. The van der Waals surface area contributed by atoms with Crippen molar-refractivity contribution in [1.82, 2.24) is 9.97 Å². The fourth-order valence-corrected chi connectivity index (χ4v) is 1.45. The largest absolute Gasteiger partial charge is 0.388 e. The second-order valence-corrected chi connectivity index (χ2v) is 3.36. The predicted octanol–water partition coefficient (Wildman–Crippen LogP) is 1.75. The zero-order chi connectivity index (χ0) is 10.5. The lowest BCUT2D eigenvalue weighted by molar-refractivity contribution is 0.178. The molecule has 0 fully saturated rings. The Morgan fingerprint density at radius 2 is 1.87 bits per heavy atom. The van der Waals surface area contributed by atoms with E-state index in [0.29, 0.717) is 6.42 Å². The lowest BCUT2D eigenvalue weighted by Gasteiger charge is -2.09. The first kappa shape index (κ1) is 9.80. The van der Waals surface area contributed by atoms with Crippen molar-refractivity contribution in [3.05, 3.63) is 60.2 Å². The Labute approximate surface area is 88.5 Å². The van der Waals surface area contributed by atoms with E-state index >= 15 is 0 Å². The number of aliphatic hydroxyl groups is 1. The number of aromatic nitrogens is 2. The van der Waals surface area contributed by atoms with Crippen LogP contribution < -0.4 is 0 Å². The molecule has 3 nitrogen and oxygen atoms in total. The second kappa shape index (κ2) is 4.66. The molecule has 1 unspecified atom stereocenters. The van der Waals surface area contributed by atoms with Crippen LogP contribution in [0.4, 0.5) is 0 Å². The molecule has 0 spiro atoms. The summed E-state index contributed by atoms with van der Waals surface area (Å²) in [4.78, 5) is 7.92. The van der Waals surface area contributed by atoms with E-state index in [4.69, 9.17) is 0 Å². The minimum Gasteiger partial charge on any atom is -0.388 e. The van der Waals surface area contributed by atoms with Crippen LogP contribution in [0, 0.1) is 0 Å². The first-order valence-electron chi connectivity index (χ1n) is 4.83. The molecule has 3 heteroatoms. The fraction of sp³-hybridized carbons (Fsp3) is 0.167. The molecule has 15 heavy (non-hydrogen) atoms.